The first-order valence-corrected chi connectivity index (χ1v) is 7.25. The van der Waals surface area contributed by atoms with E-state index in [2.05, 4.69) is 5.32 Å². The van der Waals surface area contributed by atoms with Crippen molar-refractivity contribution in [3.63, 3.8) is 0 Å². The van der Waals surface area contributed by atoms with Gasteiger partial charge in [0.05, 0.1) is 12.5 Å². The molecule has 1 saturated heterocycles. The maximum atomic E-state index is 13.8. The number of ether oxygens (including phenoxy) is 1. The molecule has 1 aromatic rings. The number of nitrogens with two attached hydrogens (primary N) is 1. The zero-order valence-electron chi connectivity index (χ0n) is 13.1. The number of methoxy groups -OCH3 is 1. The molecule has 1 fully saturated rings. The normalized spacial score (nSPS) is 18.2. The lowest BCUT2D eigenvalue weighted by Gasteiger charge is -2.19. The number of para-hydroxylation sites is 1. The number of amides is 2. The molecule has 2 atom stereocenters. The molecule has 9 heteroatoms. The third-order valence-electron chi connectivity index (χ3n) is 3.76. The average Bonchev–Trinajstić information content (AvgIpc) is 2.86. The van der Waals surface area contributed by atoms with Gasteiger partial charge < -0.3 is 20.7 Å². The first-order chi connectivity index (χ1) is 11.0. The molecule has 2 unspecified atom stereocenters. The van der Waals surface area contributed by atoms with Gasteiger partial charge in [0, 0.05) is 20.2 Å². The minimum absolute atomic E-state index is 0. The molecule has 1 aromatic carbocycles. The highest BCUT2D eigenvalue weighted by atomic mass is 35.5. The van der Waals surface area contributed by atoms with Gasteiger partial charge in [-0.1, -0.05) is 6.07 Å². The Morgan fingerprint density at radius 3 is 2.62 bits per heavy atom. The standard InChI is InChI=1S/C15H19F2N3O3.ClH/c1-23-9(8-18)7-13(21)19-12-5-6-20(15(12)22)14-10(16)3-2-4-11(14)17;/h2-4,9,12H,5-8,18H2,1H3,(H,19,21);1H. The number of nitrogens with zero attached hydrogens (tertiary/aromatic N) is 1. The van der Waals surface area contributed by atoms with Crippen LogP contribution in [0.2, 0.25) is 0 Å². The van der Waals surface area contributed by atoms with E-state index >= 15 is 0 Å². The van der Waals surface area contributed by atoms with E-state index in [0.29, 0.717) is 0 Å². The Morgan fingerprint density at radius 1 is 1.46 bits per heavy atom. The van der Waals surface area contributed by atoms with E-state index in [9.17, 15) is 18.4 Å². The fraction of sp³-hybridized carbons (Fsp3) is 0.467. The fourth-order valence-electron chi connectivity index (χ4n) is 2.51. The summed E-state index contributed by atoms with van der Waals surface area (Å²) >= 11 is 0. The molecule has 134 valence electrons. The summed E-state index contributed by atoms with van der Waals surface area (Å²) in [4.78, 5) is 25.2. The molecule has 6 nitrogen and oxygen atoms in total. The first-order valence-electron chi connectivity index (χ1n) is 7.25. The summed E-state index contributed by atoms with van der Waals surface area (Å²) in [7, 11) is 1.44. The van der Waals surface area contributed by atoms with Gasteiger partial charge in [-0.2, -0.15) is 0 Å². The lowest BCUT2D eigenvalue weighted by Crippen LogP contribution is -2.43. The monoisotopic (exact) mass is 363 g/mol. The van der Waals surface area contributed by atoms with Crippen LogP contribution in [-0.2, 0) is 14.3 Å². The van der Waals surface area contributed by atoms with Crippen LogP contribution in [0.15, 0.2) is 18.2 Å². The number of nitrogens with one attached hydrogen (secondary N) is 1. The Balaban J connectivity index is 0.00000288. The van der Waals surface area contributed by atoms with Gasteiger partial charge in [0.25, 0.3) is 0 Å². The van der Waals surface area contributed by atoms with Gasteiger partial charge in [-0.3, -0.25) is 9.59 Å². The van der Waals surface area contributed by atoms with Crippen LogP contribution in [-0.4, -0.2) is 44.2 Å². The zero-order chi connectivity index (χ0) is 17.0. The number of carbonyl (C=O) groups excluding carboxylic acids is 2. The van der Waals surface area contributed by atoms with E-state index in [1.807, 2.05) is 0 Å². The second kappa shape index (κ2) is 8.91. The molecule has 0 spiro atoms. The molecule has 1 heterocycles. The van der Waals surface area contributed by atoms with Crippen LogP contribution >= 0.6 is 12.4 Å². The van der Waals surface area contributed by atoms with Crippen LogP contribution in [0.25, 0.3) is 0 Å². The number of hydrogen-bond donors (Lipinski definition) is 2. The van der Waals surface area contributed by atoms with Crippen molar-refractivity contribution in [1.29, 1.82) is 0 Å². The van der Waals surface area contributed by atoms with Crippen LogP contribution in [0.5, 0.6) is 0 Å². The highest BCUT2D eigenvalue weighted by Gasteiger charge is 2.36. The lowest BCUT2D eigenvalue weighted by atomic mass is 10.2. The zero-order valence-corrected chi connectivity index (χ0v) is 13.9. The van der Waals surface area contributed by atoms with Crippen LogP contribution in [0.4, 0.5) is 14.5 Å². The van der Waals surface area contributed by atoms with E-state index in [0.717, 1.165) is 17.0 Å². The Labute approximate surface area is 144 Å². The van der Waals surface area contributed by atoms with Gasteiger partial charge in [0.15, 0.2) is 0 Å². The third-order valence-corrected chi connectivity index (χ3v) is 3.76. The largest absolute Gasteiger partial charge is 0.380 e. The Hall–Kier alpha value is -1.77. The summed E-state index contributed by atoms with van der Waals surface area (Å²) in [5.74, 6) is -2.55. The molecular weight excluding hydrogens is 344 g/mol. The van der Waals surface area contributed by atoms with Gasteiger partial charge >= 0.3 is 0 Å². The molecule has 24 heavy (non-hydrogen) atoms. The van der Waals surface area contributed by atoms with Crippen molar-refractivity contribution < 1.29 is 23.1 Å². The summed E-state index contributed by atoms with van der Waals surface area (Å²) in [5, 5.41) is 2.56. The molecule has 2 amide bonds. The SMILES string of the molecule is COC(CN)CC(=O)NC1CCN(c2c(F)cccc2F)C1=O.Cl. The Kier molecular flexibility index (Phi) is 7.53. The van der Waals surface area contributed by atoms with Crippen LogP contribution in [0.1, 0.15) is 12.8 Å². The minimum atomic E-state index is -0.812. The highest BCUT2D eigenvalue weighted by molar-refractivity contribution is 6.01. The summed E-state index contributed by atoms with van der Waals surface area (Å²) in [6, 6.07) is 2.59. The third kappa shape index (κ3) is 4.40. The highest BCUT2D eigenvalue weighted by Crippen LogP contribution is 2.27. The van der Waals surface area contributed by atoms with Crippen molar-refractivity contribution >= 4 is 29.9 Å². The topological polar surface area (TPSA) is 84.7 Å². The van der Waals surface area contributed by atoms with Crippen molar-refractivity contribution in [2.24, 2.45) is 5.73 Å². The minimum Gasteiger partial charge on any atom is -0.380 e. The number of benzene rings is 1. The quantitative estimate of drug-likeness (QED) is 0.788. The maximum absolute atomic E-state index is 13.8. The number of carbonyl (C=O) groups is 2. The predicted molar refractivity (Wildman–Crippen MR) is 87.0 cm³/mol. The maximum Gasteiger partial charge on any atom is 0.249 e. The summed E-state index contributed by atoms with van der Waals surface area (Å²) in [6.45, 7) is 0.307. The predicted octanol–water partition coefficient (Wildman–Crippen LogP) is 0.972. The van der Waals surface area contributed by atoms with Crippen molar-refractivity contribution in [2.75, 3.05) is 25.1 Å². The Morgan fingerprint density at radius 2 is 2.08 bits per heavy atom. The van der Waals surface area contributed by atoms with Crippen molar-refractivity contribution in [3.05, 3.63) is 29.8 Å². The molecule has 1 aliphatic heterocycles. The summed E-state index contributed by atoms with van der Waals surface area (Å²) < 4.78 is 32.6. The number of anilines is 1. The molecule has 1 aliphatic rings. The van der Waals surface area contributed by atoms with E-state index in [-0.39, 0.29) is 44.0 Å². The van der Waals surface area contributed by atoms with Gasteiger partial charge in [-0.05, 0) is 18.6 Å². The van der Waals surface area contributed by atoms with Gasteiger partial charge in [-0.15, -0.1) is 12.4 Å². The Bertz CT molecular complexity index is 579. The first kappa shape index (κ1) is 20.3. The summed E-state index contributed by atoms with van der Waals surface area (Å²) in [6.07, 6.45) is -0.143. The van der Waals surface area contributed by atoms with Crippen molar-refractivity contribution in [2.45, 2.75) is 25.0 Å². The number of halogens is 3. The smallest absolute Gasteiger partial charge is 0.249 e. The molecule has 2 rings (SSSR count). The lowest BCUT2D eigenvalue weighted by molar-refractivity contribution is -0.128. The van der Waals surface area contributed by atoms with E-state index < -0.39 is 35.6 Å². The average molecular weight is 364 g/mol. The molecule has 3 N–H and O–H groups in total. The second-order valence-electron chi connectivity index (χ2n) is 5.27. The van der Waals surface area contributed by atoms with Gasteiger partial charge in [0.1, 0.15) is 23.4 Å². The van der Waals surface area contributed by atoms with Crippen LogP contribution in [0, 0.1) is 11.6 Å². The number of hydrogen-bond acceptors (Lipinski definition) is 4. The van der Waals surface area contributed by atoms with E-state index in [1.165, 1.54) is 13.2 Å². The van der Waals surface area contributed by atoms with Crippen LogP contribution < -0.4 is 16.0 Å². The van der Waals surface area contributed by atoms with Gasteiger partial charge in [-0.25, -0.2) is 8.78 Å². The number of rotatable bonds is 6. The van der Waals surface area contributed by atoms with Gasteiger partial charge in [0.2, 0.25) is 11.8 Å². The molecule has 0 aromatic heterocycles. The van der Waals surface area contributed by atoms with E-state index in [4.69, 9.17) is 10.5 Å². The van der Waals surface area contributed by atoms with Crippen molar-refractivity contribution in [3.8, 4) is 0 Å². The fourth-order valence-corrected chi connectivity index (χ4v) is 2.51. The van der Waals surface area contributed by atoms with Crippen molar-refractivity contribution in [1.82, 2.24) is 5.32 Å². The molecule has 0 radical (unpaired) electrons. The molecule has 0 aliphatic carbocycles. The summed E-state index contributed by atoms with van der Waals surface area (Å²) in [5.41, 5.74) is 5.05. The molecule has 0 bridgehead atoms. The molecular formula is C15H20ClF2N3O3. The second-order valence-corrected chi connectivity index (χ2v) is 5.27. The van der Waals surface area contributed by atoms with E-state index in [1.54, 1.807) is 0 Å². The van der Waals surface area contributed by atoms with Crippen LogP contribution in [0.3, 0.4) is 0 Å². The molecule has 0 saturated carbocycles.